The van der Waals surface area contributed by atoms with E-state index >= 15 is 0 Å². The average molecular weight is 544 g/mol. The Kier molecular flexibility index (Phi) is 16.2. The summed E-state index contributed by atoms with van der Waals surface area (Å²) in [6, 6.07) is 16.6. The van der Waals surface area contributed by atoms with Gasteiger partial charge in [-0.3, -0.25) is 4.79 Å². The number of benzene rings is 2. The molecule has 0 unspecified atom stereocenters. The van der Waals surface area contributed by atoms with Crippen molar-refractivity contribution in [1.29, 1.82) is 0 Å². The van der Waals surface area contributed by atoms with Gasteiger partial charge in [0.15, 0.2) is 11.5 Å². The van der Waals surface area contributed by atoms with E-state index in [0.717, 1.165) is 29.7 Å². The van der Waals surface area contributed by atoms with Gasteiger partial charge in [-0.25, -0.2) is 4.98 Å². The quantitative estimate of drug-likeness (QED) is 0.301. The molecule has 1 aliphatic rings. The number of rotatable bonds is 7. The van der Waals surface area contributed by atoms with Crippen molar-refractivity contribution in [3.8, 4) is 28.1 Å². The molecule has 1 heterocycles. The van der Waals surface area contributed by atoms with Gasteiger partial charge in [0.05, 0.1) is 18.4 Å². The molecular weight excluding hydrogens is 494 g/mol. The van der Waals surface area contributed by atoms with Gasteiger partial charge >= 0.3 is 0 Å². The molecule has 0 bridgehead atoms. The van der Waals surface area contributed by atoms with E-state index in [2.05, 4.69) is 70.7 Å². The van der Waals surface area contributed by atoms with Crippen LogP contribution in [0.25, 0.3) is 34.5 Å². The van der Waals surface area contributed by atoms with Crippen LogP contribution in [0.3, 0.4) is 0 Å². The second kappa shape index (κ2) is 18.7. The number of methoxy groups -OCH3 is 1. The number of nitrogens with zero attached hydrogens (tertiary/aromatic N) is 1. The van der Waals surface area contributed by atoms with Gasteiger partial charge in [0.25, 0.3) is 0 Å². The molecule has 1 fully saturated rings. The van der Waals surface area contributed by atoms with Crippen molar-refractivity contribution in [2.75, 3.05) is 14.2 Å². The molecular formula is C36H49NO3. The van der Waals surface area contributed by atoms with Crippen LogP contribution >= 0.6 is 0 Å². The summed E-state index contributed by atoms with van der Waals surface area (Å²) >= 11 is 0. The molecule has 3 aromatic rings. The molecule has 216 valence electrons. The van der Waals surface area contributed by atoms with Gasteiger partial charge in [0, 0.05) is 18.2 Å². The van der Waals surface area contributed by atoms with Gasteiger partial charge in [-0.05, 0) is 43.9 Å². The Bertz CT molecular complexity index is 1200. The number of aryl methyl sites for hydroxylation is 1. The van der Waals surface area contributed by atoms with E-state index in [1.54, 1.807) is 13.2 Å². The fourth-order valence-corrected chi connectivity index (χ4v) is 4.01. The van der Waals surface area contributed by atoms with Crippen LogP contribution in [-0.4, -0.2) is 30.1 Å². The third kappa shape index (κ3) is 9.91. The lowest BCUT2D eigenvalue weighted by molar-refractivity contribution is 0.101. The van der Waals surface area contributed by atoms with Crippen LogP contribution in [0.2, 0.25) is 0 Å². The molecule has 1 saturated carbocycles. The monoisotopic (exact) mass is 543 g/mol. The number of unbranched alkanes of at least 4 members (excludes halogenated alkanes) is 1. The summed E-state index contributed by atoms with van der Waals surface area (Å²) in [5.74, 6) is 1.46. The molecule has 0 atom stereocenters. The van der Waals surface area contributed by atoms with Crippen LogP contribution in [0.4, 0.5) is 0 Å². The summed E-state index contributed by atoms with van der Waals surface area (Å²) in [6.07, 6.45) is 12.5. The summed E-state index contributed by atoms with van der Waals surface area (Å²) < 4.78 is 5.64. The van der Waals surface area contributed by atoms with E-state index in [1.165, 1.54) is 44.6 Å². The van der Waals surface area contributed by atoms with E-state index in [9.17, 15) is 4.79 Å². The summed E-state index contributed by atoms with van der Waals surface area (Å²) in [4.78, 5) is 17.2. The average Bonchev–Trinajstić information content (AvgIpc) is 2.97. The maximum absolute atomic E-state index is 12.4. The zero-order valence-electron chi connectivity index (χ0n) is 25.9. The van der Waals surface area contributed by atoms with Crippen molar-refractivity contribution in [3.05, 3.63) is 83.6 Å². The van der Waals surface area contributed by atoms with Crippen molar-refractivity contribution < 1.29 is 14.6 Å². The highest BCUT2D eigenvalue weighted by molar-refractivity contribution is 6.03. The first kappa shape index (κ1) is 34.5. The molecule has 2 aromatic carbocycles. The van der Waals surface area contributed by atoms with Crippen molar-refractivity contribution >= 4 is 17.9 Å². The van der Waals surface area contributed by atoms with Crippen molar-refractivity contribution in [2.24, 2.45) is 5.92 Å². The molecule has 0 radical (unpaired) electrons. The van der Waals surface area contributed by atoms with Crippen LogP contribution < -0.4 is 4.74 Å². The molecule has 0 aliphatic heterocycles. The fourth-order valence-electron chi connectivity index (χ4n) is 4.01. The van der Waals surface area contributed by atoms with E-state index < -0.39 is 0 Å². The number of ketones is 1. The number of carbonyl (C=O) groups is 1. The topological polar surface area (TPSA) is 59.4 Å². The molecule has 0 spiro atoms. The Labute approximate surface area is 242 Å². The van der Waals surface area contributed by atoms with Crippen LogP contribution in [0.5, 0.6) is 5.75 Å². The number of allylic oxidation sites excluding steroid dienone is 1. The SMILES string of the molecule is C=Cc1c(/C=C\C)nc(-c2ccc(-c3ccc(C)cc3)cc2)c(OC)c1C(C)=O.CC1CCC1.CCCC.CO. The van der Waals surface area contributed by atoms with Gasteiger partial charge < -0.3 is 9.84 Å². The number of pyridine rings is 1. The number of Topliss-reactive ketones (excluding diaryl/α,β-unsaturated/α-hetero) is 1. The number of carbonyl (C=O) groups excluding carboxylic acids is 1. The standard InChI is InChI=1S/C26H25NO2.C5H10.C4H10.CH4O/c1-6-8-23-22(7-2)24(18(4)28)26(29-5)25(27-23)21-15-13-20(14-16-21)19-11-9-17(3)10-12-19;1-5-3-2-4-5;1-3-4-2;1-2/h6-16H,2H2,1,3-5H3;5H,2-4H2,1H3;3-4H2,1-2H3;2H,1H3/b8-6-;;;. The Hall–Kier alpha value is -3.50. The highest BCUT2D eigenvalue weighted by Gasteiger charge is 2.22. The third-order valence-corrected chi connectivity index (χ3v) is 6.74. The Balaban J connectivity index is 0.000000614. The van der Waals surface area contributed by atoms with E-state index in [1.807, 2.05) is 31.2 Å². The first-order valence-corrected chi connectivity index (χ1v) is 14.3. The number of hydrogen-bond donors (Lipinski definition) is 1. The molecule has 4 heteroatoms. The summed E-state index contributed by atoms with van der Waals surface area (Å²) in [5, 5.41) is 7.00. The molecule has 1 N–H and O–H groups in total. The lowest BCUT2D eigenvalue weighted by Gasteiger charge is -2.18. The lowest BCUT2D eigenvalue weighted by atomic mass is 9.88. The van der Waals surface area contributed by atoms with Crippen LogP contribution in [-0.2, 0) is 0 Å². The van der Waals surface area contributed by atoms with Gasteiger partial charge in [-0.1, -0.05) is 126 Å². The van der Waals surface area contributed by atoms with E-state index in [4.69, 9.17) is 14.8 Å². The van der Waals surface area contributed by atoms with Gasteiger partial charge in [-0.15, -0.1) is 0 Å². The first-order chi connectivity index (χ1) is 19.3. The zero-order chi connectivity index (χ0) is 30.1. The molecule has 4 rings (SSSR count). The molecule has 4 nitrogen and oxygen atoms in total. The highest BCUT2D eigenvalue weighted by Crippen LogP contribution is 2.37. The second-order valence-corrected chi connectivity index (χ2v) is 9.91. The first-order valence-electron chi connectivity index (χ1n) is 14.3. The normalized spacial score (nSPS) is 12.0. The highest BCUT2D eigenvalue weighted by atomic mass is 16.5. The van der Waals surface area contributed by atoms with Crippen molar-refractivity contribution in [2.45, 2.75) is 73.6 Å². The molecule has 0 amide bonds. The predicted molar refractivity (Wildman–Crippen MR) is 173 cm³/mol. The lowest BCUT2D eigenvalue weighted by Crippen LogP contribution is -2.07. The molecule has 1 aromatic heterocycles. The van der Waals surface area contributed by atoms with Crippen molar-refractivity contribution in [3.63, 3.8) is 0 Å². The van der Waals surface area contributed by atoms with Gasteiger partial charge in [0.1, 0.15) is 5.69 Å². The number of hydrogen-bond acceptors (Lipinski definition) is 4. The maximum atomic E-state index is 12.4. The minimum absolute atomic E-state index is 0.0811. The zero-order valence-corrected chi connectivity index (χ0v) is 25.9. The van der Waals surface area contributed by atoms with Gasteiger partial charge in [0.2, 0.25) is 0 Å². The van der Waals surface area contributed by atoms with Gasteiger partial charge in [-0.2, -0.15) is 0 Å². The van der Waals surface area contributed by atoms with E-state index in [0.29, 0.717) is 28.3 Å². The third-order valence-electron chi connectivity index (χ3n) is 6.74. The minimum atomic E-state index is -0.0811. The van der Waals surface area contributed by atoms with Crippen LogP contribution in [0.15, 0.2) is 61.2 Å². The smallest absolute Gasteiger partial charge is 0.164 e. The van der Waals surface area contributed by atoms with E-state index in [-0.39, 0.29) is 5.78 Å². The molecule has 0 saturated heterocycles. The number of aliphatic hydroxyl groups is 1. The second-order valence-electron chi connectivity index (χ2n) is 9.91. The Morgan fingerprint density at radius 2 is 1.48 bits per heavy atom. The summed E-state index contributed by atoms with van der Waals surface area (Å²) in [5.41, 5.74) is 6.93. The predicted octanol–water partition coefficient (Wildman–Crippen LogP) is 9.83. The Morgan fingerprint density at radius 3 is 1.82 bits per heavy atom. The number of aromatic nitrogens is 1. The Morgan fingerprint density at radius 1 is 1.00 bits per heavy atom. The number of ether oxygens (including phenoxy) is 1. The largest absolute Gasteiger partial charge is 0.494 e. The maximum Gasteiger partial charge on any atom is 0.164 e. The molecule has 40 heavy (non-hydrogen) atoms. The van der Waals surface area contributed by atoms with Crippen molar-refractivity contribution in [1.82, 2.24) is 4.98 Å². The molecule has 1 aliphatic carbocycles. The minimum Gasteiger partial charge on any atom is -0.494 e. The fraction of sp³-hybridized carbons (Fsp3) is 0.389. The number of aliphatic hydroxyl groups excluding tert-OH is 1. The summed E-state index contributed by atoms with van der Waals surface area (Å²) in [7, 11) is 2.57. The summed E-state index contributed by atoms with van der Waals surface area (Å²) in [6.45, 7) is 16.1. The van der Waals surface area contributed by atoms with Crippen LogP contribution in [0, 0.1) is 12.8 Å². The van der Waals surface area contributed by atoms with Crippen LogP contribution in [0.1, 0.15) is 93.9 Å².